The highest BCUT2D eigenvalue weighted by Gasteiger charge is 2.26. The van der Waals surface area contributed by atoms with Crippen LogP contribution < -0.4 is 0 Å². The molecule has 0 bridgehead atoms. The fraction of sp³-hybridized carbons (Fsp3) is 0.286. The summed E-state index contributed by atoms with van der Waals surface area (Å²) < 4.78 is 6.20. The van der Waals surface area contributed by atoms with E-state index in [0.717, 1.165) is 21.4 Å². The number of nitrogens with one attached hydrogen (secondary N) is 1. The number of ether oxygens (including phenoxy) is 1. The summed E-state index contributed by atoms with van der Waals surface area (Å²) >= 11 is 3.49. The van der Waals surface area contributed by atoms with E-state index >= 15 is 0 Å². The van der Waals surface area contributed by atoms with Crippen molar-refractivity contribution in [2.75, 3.05) is 0 Å². The molecule has 0 saturated carbocycles. The Bertz CT molecular complexity index is 568. The van der Waals surface area contributed by atoms with Gasteiger partial charge in [0.05, 0.1) is 12.0 Å². The number of benzene rings is 1. The second-order valence-electron chi connectivity index (χ2n) is 4.38. The van der Waals surface area contributed by atoms with Gasteiger partial charge in [-0.2, -0.15) is 0 Å². The summed E-state index contributed by atoms with van der Waals surface area (Å²) in [6.45, 7) is 4.44. The number of H-pyrrole nitrogens is 1. The van der Waals surface area contributed by atoms with Gasteiger partial charge < -0.3 is 9.72 Å². The Hall–Kier alpha value is -1.62. The Morgan fingerprint density at radius 1 is 1.42 bits per heavy atom. The largest absolute Gasteiger partial charge is 0.459 e. The first-order valence-electron chi connectivity index (χ1n) is 5.98. The average Bonchev–Trinajstić information content (AvgIpc) is 2.82. The number of aromatic amines is 1. The zero-order valence-corrected chi connectivity index (χ0v) is 12.3. The maximum absolute atomic E-state index is 10.8. The first kappa shape index (κ1) is 13.8. The van der Waals surface area contributed by atoms with Crippen LogP contribution in [0.3, 0.4) is 0 Å². The average molecular weight is 323 g/mol. The number of hydrogen-bond acceptors (Lipinski definition) is 3. The third-order valence-electron chi connectivity index (χ3n) is 3.17. The minimum absolute atomic E-state index is 0.0323. The van der Waals surface area contributed by atoms with E-state index in [0.29, 0.717) is 6.47 Å². The first-order chi connectivity index (χ1) is 9.15. The molecule has 0 spiro atoms. The molecule has 2 rings (SSSR count). The highest BCUT2D eigenvalue weighted by Crippen LogP contribution is 2.36. The number of nitrogens with zero attached hydrogens (tertiary/aromatic N) is 1. The quantitative estimate of drug-likeness (QED) is 0.857. The zero-order chi connectivity index (χ0) is 13.8. The van der Waals surface area contributed by atoms with Gasteiger partial charge in [0, 0.05) is 21.6 Å². The van der Waals surface area contributed by atoms with Crippen LogP contribution in [-0.4, -0.2) is 16.4 Å². The number of hydrogen-bond donors (Lipinski definition) is 1. The van der Waals surface area contributed by atoms with Crippen molar-refractivity contribution in [1.29, 1.82) is 0 Å². The molecule has 100 valence electrons. The van der Waals surface area contributed by atoms with E-state index in [1.807, 2.05) is 38.1 Å². The summed E-state index contributed by atoms with van der Waals surface area (Å²) in [7, 11) is 0. The van der Waals surface area contributed by atoms with Crippen molar-refractivity contribution >= 4 is 22.4 Å². The second-order valence-corrected chi connectivity index (χ2v) is 5.23. The lowest BCUT2D eigenvalue weighted by atomic mass is 9.93. The van der Waals surface area contributed by atoms with E-state index in [1.165, 1.54) is 0 Å². The number of carbonyl (C=O) groups is 1. The molecule has 2 aromatic rings. The molecule has 0 aliphatic heterocycles. The maximum Gasteiger partial charge on any atom is 0.293 e. The molecule has 2 unspecified atom stereocenters. The molecule has 0 amide bonds. The van der Waals surface area contributed by atoms with Crippen molar-refractivity contribution < 1.29 is 9.53 Å². The molecule has 0 fully saturated rings. The van der Waals surface area contributed by atoms with E-state index in [-0.39, 0.29) is 12.0 Å². The van der Waals surface area contributed by atoms with Gasteiger partial charge in [0.2, 0.25) is 0 Å². The van der Waals surface area contributed by atoms with Crippen LogP contribution in [0.5, 0.6) is 0 Å². The smallest absolute Gasteiger partial charge is 0.293 e. The highest BCUT2D eigenvalue weighted by molar-refractivity contribution is 9.10. The van der Waals surface area contributed by atoms with Gasteiger partial charge in [-0.1, -0.05) is 41.1 Å². The van der Waals surface area contributed by atoms with Gasteiger partial charge in [-0.25, -0.2) is 4.98 Å². The molecule has 2 atom stereocenters. The monoisotopic (exact) mass is 322 g/mol. The molecular weight excluding hydrogens is 308 g/mol. The Labute approximate surface area is 120 Å². The zero-order valence-electron chi connectivity index (χ0n) is 10.8. The van der Waals surface area contributed by atoms with Crippen LogP contribution in [0, 0.1) is 6.92 Å². The first-order valence-corrected chi connectivity index (χ1v) is 6.77. The van der Waals surface area contributed by atoms with E-state index in [4.69, 9.17) is 4.74 Å². The Morgan fingerprint density at radius 3 is 2.74 bits per heavy atom. The van der Waals surface area contributed by atoms with Crippen molar-refractivity contribution in [3.8, 4) is 0 Å². The number of aryl methyl sites for hydroxylation is 1. The summed E-state index contributed by atoms with van der Waals surface area (Å²) in [5, 5.41) is 0. The van der Waals surface area contributed by atoms with Gasteiger partial charge in [0.15, 0.2) is 0 Å². The fourth-order valence-corrected chi connectivity index (χ4v) is 2.71. The molecule has 0 aliphatic carbocycles. The minimum atomic E-state index is -0.366. The Kier molecular flexibility index (Phi) is 4.37. The number of carbonyl (C=O) groups excluding carboxylic acids is 1. The number of rotatable bonds is 5. The summed E-state index contributed by atoms with van der Waals surface area (Å²) in [6, 6.07) is 7.72. The summed E-state index contributed by atoms with van der Waals surface area (Å²) in [5.41, 5.74) is 2.83. The van der Waals surface area contributed by atoms with Crippen LogP contribution in [0.1, 0.15) is 35.9 Å². The molecule has 1 aromatic carbocycles. The predicted octanol–water partition coefficient (Wildman–Crippen LogP) is 3.50. The molecule has 1 heterocycles. The molecule has 0 saturated heterocycles. The molecule has 0 aliphatic rings. The highest BCUT2D eigenvalue weighted by atomic mass is 79.9. The molecular formula is C14H15BrN2O2. The molecule has 0 radical (unpaired) electrons. The van der Waals surface area contributed by atoms with Crippen molar-refractivity contribution in [1.82, 2.24) is 9.97 Å². The number of imidazole rings is 1. The molecule has 1 N–H and O–H groups in total. The van der Waals surface area contributed by atoms with Crippen molar-refractivity contribution in [3.05, 3.63) is 52.0 Å². The van der Waals surface area contributed by atoms with Crippen LogP contribution in [0.25, 0.3) is 0 Å². The van der Waals surface area contributed by atoms with Crippen LogP contribution in [0.15, 0.2) is 35.1 Å². The molecule has 4 nitrogen and oxygen atoms in total. The summed E-state index contributed by atoms with van der Waals surface area (Å²) in [6.07, 6.45) is 1.29. The number of halogens is 1. The van der Waals surface area contributed by atoms with E-state index in [9.17, 15) is 4.79 Å². The lowest BCUT2D eigenvalue weighted by Crippen LogP contribution is -2.13. The van der Waals surface area contributed by atoms with Crippen LogP contribution in [-0.2, 0) is 9.53 Å². The summed E-state index contributed by atoms with van der Waals surface area (Å²) in [4.78, 5) is 18.1. The Morgan fingerprint density at radius 2 is 2.16 bits per heavy atom. The summed E-state index contributed by atoms with van der Waals surface area (Å²) in [5.74, 6) is -0.0323. The third-order valence-corrected chi connectivity index (χ3v) is 3.89. The van der Waals surface area contributed by atoms with Crippen LogP contribution in [0.2, 0.25) is 0 Å². The standard InChI is InChI=1S/C14H15BrN2O2/c1-9(13-10(2)16-7-17-13)14(19-8-18)11-5-3-4-6-12(11)15/h3-9,14H,1-2H3,(H,16,17). The van der Waals surface area contributed by atoms with Gasteiger partial charge in [0.25, 0.3) is 6.47 Å². The fourth-order valence-electron chi connectivity index (χ4n) is 2.20. The SMILES string of the molecule is Cc1[nH]cnc1C(C)C(OC=O)c1ccccc1Br. The van der Waals surface area contributed by atoms with Crippen molar-refractivity contribution in [2.24, 2.45) is 0 Å². The third kappa shape index (κ3) is 2.87. The topological polar surface area (TPSA) is 55.0 Å². The van der Waals surface area contributed by atoms with Gasteiger partial charge in [0.1, 0.15) is 6.10 Å². The molecule has 5 heteroatoms. The van der Waals surface area contributed by atoms with Crippen LogP contribution in [0.4, 0.5) is 0 Å². The van der Waals surface area contributed by atoms with Crippen molar-refractivity contribution in [2.45, 2.75) is 25.9 Å². The van der Waals surface area contributed by atoms with Crippen molar-refractivity contribution in [3.63, 3.8) is 0 Å². The Balaban J connectivity index is 2.38. The predicted molar refractivity (Wildman–Crippen MR) is 75.8 cm³/mol. The van der Waals surface area contributed by atoms with E-state index in [2.05, 4.69) is 25.9 Å². The lowest BCUT2D eigenvalue weighted by molar-refractivity contribution is -0.135. The van der Waals surface area contributed by atoms with Gasteiger partial charge in [-0.05, 0) is 13.0 Å². The minimum Gasteiger partial charge on any atom is -0.459 e. The van der Waals surface area contributed by atoms with Gasteiger partial charge >= 0.3 is 0 Å². The molecule has 1 aromatic heterocycles. The van der Waals surface area contributed by atoms with E-state index in [1.54, 1.807) is 6.33 Å². The van der Waals surface area contributed by atoms with Crippen LogP contribution >= 0.6 is 15.9 Å². The van der Waals surface area contributed by atoms with Gasteiger partial charge in [-0.15, -0.1) is 0 Å². The van der Waals surface area contributed by atoms with E-state index < -0.39 is 0 Å². The van der Waals surface area contributed by atoms with Gasteiger partial charge in [-0.3, -0.25) is 4.79 Å². The number of aromatic nitrogens is 2. The lowest BCUT2D eigenvalue weighted by Gasteiger charge is -2.23. The second kappa shape index (κ2) is 6.02. The molecule has 19 heavy (non-hydrogen) atoms. The maximum atomic E-state index is 10.8. The normalized spacial score (nSPS) is 13.8.